The van der Waals surface area contributed by atoms with Gasteiger partial charge in [-0.05, 0) is 47.7 Å². The topological polar surface area (TPSA) is 73.9 Å². The monoisotopic (exact) mass is 425 g/mol. The van der Waals surface area contributed by atoms with Crippen LogP contribution in [-0.2, 0) is 9.59 Å². The number of ketones is 1. The molecule has 1 heterocycles. The molecule has 0 aromatic heterocycles. The highest BCUT2D eigenvalue weighted by atomic mass is 19.1. The highest BCUT2D eigenvalue weighted by molar-refractivity contribution is 6.02. The molecule has 162 valence electrons. The minimum Gasteiger partial charge on any atom is -0.493 e. The molecule has 0 fully saturated rings. The lowest BCUT2D eigenvalue weighted by molar-refractivity contribution is -0.122. The van der Waals surface area contributed by atoms with Gasteiger partial charge in [-0.1, -0.05) is 12.1 Å². The molecule has 1 amide bonds. The van der Waals surface area contributed by atoms with E-state index in [0.717, 1.165) is 11.1 Å². The van der Waals surface area contributed by atoms with Crippen molar-refractivity contribution in [2.24, 2.45) is 0 Å². The molecule has 0 saturated carbocycles. The van der Waals surface area contributed by atoms with Gasteiger partial charge in [-0.2, -0.15) is 0 Å². The van der Waals surface area contributed by atoms with Crippen molar-refractivity contribution < 1.29 is 28.2 Å². The number of carbonyl (C=O) groups is 2. The van der Waals surface area contributed by atoms with Gasteiger partial charge in [-0.15, -0.1) is 0 Å². The van der Waals surface area contributed by atoms with Crippen LogP contribution in [0.2, 0.25) is 0 Å². The third kappa shape index (κ3) is 3.87. The lowest BCUT2D eigenvalue weighted by Gasteiger charge is -2.34. The maximum atomic E-state index is 13.4. The first-order valence-corrected chi connectivity index (χ1v) is 10.1. The minimum absolute atomic E-state index is 0.0191. The fourth-order valence-corrected chi connectivity index (χ4v) is 4.51. The zero-order chi connectivity index (χ0) is 22.1. The Kier molecular flexibility index (Phi) is 5.67. The van der Waals surface area contributed by atoms with Crippen molar-refractivity contribution in [2.45, 2.75) is 31.1 Å². The highest BCUT2D eigenvalue weighted by Crippen LogP contribution is 2.46. The Bertz CT molecular complexity index is 1040. The normalized spacial score (nSPS) is 20.8. The van der Waals surface area contributed by atoms with Crippen LogP contribution in [-0.4, -0.2) is 33.0 Å². The van der Waals surface area contributed by atoms with E-state index in [2.05, 4.69) is 5.32 Å². The van der Waals surface area contributed by atoms with Gasteiger partial charge in [-0.25, -0.2) is 4.39 Å². The number of Topliss-reactive ketones (excluding diaryl/α,β-unsaturated/α-hetero) is 1. The number of amides is 1. The first-order valence-electron chi connectivity index (χ1n) is 10.1. The molecule has 0 unspecified atom stereocenters. The van der Waals surface area contributed by atoms with Crippen LogP contribution >= 0.6 is 0 Å². The fourth-order valence-electron chi connectivity index (χ4n) is 4.51. The number of hydrogen-bond acceptors (Lipinski definition) is 5. The summed E-state index contributed by atoms with van der Waals surface area (Å²) in [7, 11) is 4.62. The Hall–Kier alpha value is -3.35. The van der Waals surface area contributed by atoms with Crippen LogP contribution < -0.4 is 19.5 Å². The van der Waals surface area contributed by atoms with E-state index in [4.69, 9.17) is 14.2 Å². The molecule has 2 aromatic carbocycles. The molecule has 7 heteroatoms. The van der Waals surface area contributed by atoms with Crippen molar-refractivity contribution in [3.63, 3.8) is 0 Å². The maximum Gasteiger partial charge on any atom is 0.225 e. The summed E-state index contributed by atoms with van der Waals surface area (Å²) in [5.74, 6) is 0.487. The second kappa shape index (κ2) is 8.41. The van der Waals surface area contributed by atoms with Gasteiger partial charge in [0.1, 0.15) is 5.82 Å². The van der Waals surface area contributed by atoms with E-state index in [1.165, 1.54) is 19.2 Å². The lowest BCUT2D eigenvalue weighted by Crippen LogP contribution is -2.38. The molecule has 1 N–H and O–H groups in total. The Morgan fingerprint density at radius 3 is 2.10 bits per heavy atom. The quantitative estimate of drug-likeness (QED) is 0.788. The summed E-state index contributed by atoms with van der Waals surface area (Å²) in [6.07, 6.45) is 0.971. The van der Waals surface area contributed by atoms with Crippen molar-refractivity contribution in [1.82, 2.24) is 5.32 Å². The first-order chi connectivity index (χ1) is 14.9. The molecule has 2 atom stereocenters. The first kappa shape index (κ1) is 20.9. The number of ether oxygens (including phenoxy) is 3. The maximum absolute atomic E-state index is 13.4. The van der Waals surface area contributed by atoms with Crippen molar-refractivity contribution in [1.29, 1.82) is 0 Å². The zero-order valence-electron chi connectivity index (χ0n) is 17.7. The van der Waals surface area contributed by atoms with Gasteiger partial charge >= 0.3 is 0 Å². The summed E-state index contributed by atoms with van der Waals surface area (Å²) in [6.45, 7) is 0. The second-order valence-corrected chi connectivity index (χ2v) is 7.74. The molecule has 1 aliphatic carbocycles. The average molecular weight is 425 g/mol. The van der Waals surface area contributed by atoms with E-state index in [1.54, 1.807) is 26.4 Å². The predicted molar refractivity (Wildman–Crippen MR) is 112 cm³/mol. The number of allylic oxidation sites excluding steroid dienone is 2. The molecule has 2 aromatic rings. The second-order valence-electron chi connectivity index (χ2n) is 7.74. The Balaban J connectivity index is 1.72. The molecule has 0 radical (unpaired) electrons. The highest BCUT2D eigenvalue weighted by Gasteiger charge is 2.38. The molecule has 0 spiro atoms. The number of nitrogens with one attached hydrogen (secondary N) is 1. The third-order valence-electron chi connectivity index (χ3n) is 5.97. The van der Waals surface area contributed by atoms with E-state index in [0.29, 0.717) is 41.4 Å². The van der Waals surface area contributed by atoms with Crippen LogP contribution in [0.15, 0.2) is 47.7 Å². The van der Waals surface area contributed by atoms with Gasteiger partial charge in [0.25, 0.3) is 0 Å². The Morgan fingerprint density at radius 2 is 1.52 bits per heavy atom. The van der Waals surface area contributed by atoms with Gasteiger partial charge in [0.2, 0.25) is 11.7 Å². The van der Waals surface area contributed by atoms with E-state index in [1.807, 2.05) is 12.1 Å². The fraction of sp³-hybridized carbons (Fsp3) is 0.333. The number of methoxy groups -OCH3 is 3. The molecule has 31 heavy (non-hydrogen) atoms. The Labute approximate surface area is 180 Å². The predicted octanol–water partition coefficient (Wildman–Crippen LogP) is 3.86. The van der Waals surface area contributed by atoms with Crippen molar-refractivity contribution >= 4 is 11.7 Å². The van der Waals surface area contributed by atoms with Gasteiger partial charge < -0.3 is 19.5 Å². The van der Waals surface area contributed by atoms with Crippen molar-refractivity contribution in [2.75, 3.05) is 21.3 Å². The van der Waals surface area contributed by atoms with Crippen LogP contribution in [0, 0.1) is 5.82 Å². The van der Waals surface area contributed by atoms with E-state index in [-0.39, 0.29) is 35.8 Å². The molecule has 2 aliphatic rings. The summed E-state index contributed by atoms with van der Waals surface area (Å²) in [5.41, 5.74) is 2.89. The summed E-state index contributed by atoms with van der Waals surface area (Å²) in [6, 6.07) is 9.67. The van der Waals surface area contributed by atoms with E-state index in [9.17, 15) is 14.0 Å². The molecule has 0 saturated heterocycles. The number of carbonyl (C=O) groups excluding carboxylic acids is 2. The van der Waals surface area contributed by atoms with E-state index >= 15 is 0 Å². The van der Waals surface area contributed by atoms with E-state index < -0.39 is 0 Å². The van der Waals surface area contributed by atoms with Crippen LogP contribution in [0.1, 0.15) is 42.2 Å². The SMILES string of the molecule is COc1cc([C@H]2CC(=O)C3=C(C2)NC(=O)C[C@H]3c2ccc(F)cc2)cc(OC)c1OC. The summed E-state index contributed by atoms with van der Waals surface area (Å²) >= 11 is 0. The standard InChI is InChI=1S/C24H24FNO5/c1-29-20-10-15(11-21(30-2)24(20)31-3)14-8-18-23(19(27)9-14)17(12-22(28)26-18)13-4-6-16(25)7-5-13/h4-7,10-11,14,17H,8-9,12H2,1-3H3,(H,26,28)/t14-,17+/m1/s1. The summed E-state index contributed by atoms with van der Waals surface area (Å²) in [5, 5.41) is 2.90. The van der Waals surface area contributed by atoms with Gasteiger partial charge in [0.05, 0.1) is 21.3 Å². The average Bonchev–Trinajstić information content (AvgIpc) is 2.77. The molecule has 4 rings (SSSR count). The number of halogens is 1. The van der Waals surface area contributed by atoms with Crippen LogP contribution in [0.25, 0.3) is 0 Å². The van der Waals surface area contributed by atoms with Crippen molar-refractivity contribution in [3.8, 4) is 17.2 Å². The molecule has 6 nitrogen and oxygen atoms in total. The number of rotatable bonds is 5. The summed E-state index contributed by atoms with van der Waals surface area (Å²) < 4.78 is 29.6. The van der Waals surface area contributed by atoms with Gasteiger partial charge in [0, 0.05) is 30.0 Å². The van der Waals surface area contributed by atoms with Crippen LogP contribution in [0.5, 0.6) is 17.2 Å². The minimum atomic E-state index is -0.363. The molecule has 0 bridgehead atoms. The Morgan fingerprint density at radius 1 is 0.871 bits per heavy atom. The largest absolute Gasteiger partial charge is 0.493 e. The summed E-state index contributed by atoms with van der Waals surface area (Å²) in [4.78, 5) is 25.6. The van der Waals surface area contributed by atoms with Crippen LogP contribution in [0.4, 0.5) is 4.39 Å². The third-order valence-corrected chi connectivity index (χ3v) is 5.97. The molecular formula is C24H24FNO5. The van der Waals surface area contributed by atoms with Crippen LogP contribution in [0.3, 0.4) is 0 Å². The van der Waals surface area contributed by atoms with Crippen molar-refractivity contribution in [3.05, 3.63) is 64.6 Å². The number of benzene rings is 2. The lowest BCUT2D eigenvalue weighted by atomic mass is 9.73. The number of hydrogen-bond donors (Lipinski definition) is 1. The van der Waals surface area contributed by atoms with Gasteiger partial charge in [0.15, 0.2) is 17.3 Å². The smallest absolute Gasteiger partial charge is 0.225 e. The zero-order valence-corrected chi connectivity index (χ0v) is 17.7. The van der Waals surface area contributed by atoms with Gasteiger partial charge in [-0.3, -0.25) is 9.59 Å². The molecular weight excluding hydrogens is 401 g/mol. The molecule has 1 aliphatic heterocycles.